The van der Waals surface area contributed by atoms with Crippen LogP contribution in [0.15, 0.2) is 17.0 Å². The molecule has 0 saturated carbocycles. The predicted octanol–water partition coefficient (Wildman–Crippen LogP) is 2.43. The molecule has 1 aromatic carbocycles. The number of benzene rings is 1. The summed E-state index contributed by atoms with van der Waals surface area (Å²) in [6.45, 7) is 3.20. The number of nitro groups is 1. The number of rotatable bonds is 4. The van der Waals surface area contributed by atoms with Gasteiger partial charge in [-0.2, -0.15) is 4.31 Å². The summed E-state index contributed by atoms with van der Waals surface area (Å²) in [5.41, 5.74) is -0.112. The Morgan fingerprint density at radius 3 is 2.62 bits per heavy atom. The summed E-state index contributed by atoms with van der Waals surface area (Å²) in [6.07, 6.45) is 0.774. The maximum absolute atomic E-state index is 12.9. The Bertz CT molecular complexity index is 795. The van der Waals surface area contributed by atoms with Gasteiger partial charge in [0.15, 0.2) is 0 Å². The molecular weight excluding hydrogens is 360 g/mol. The molecule has 10 heteroatoms. The van der Waals surface area contributed by atoms with Gasteiger partial charge in [0.25, 0.3) is 5.69 Å². The van der Waals surface area contributed by atoms with Crippen LogP contribution in [-0.4, -0.2) is 41.3 Å². The first kappa shape index (κ1) is 18.6. The molecule has 24 heavy (non-hydrogen) atoms. The number of nitrogens with zero attached hydrogens (tertiary/aromatic N) is 2. The lowest BCUT2D eigenvalue weighted by atomic mass is 9.92. The first-order chi connectivity index (χ1) is 11.1. The average molecular weight is 377 g/mol. The van der Waals surface area contributed by atoms with Crippen molar-refractivity contribution in [2.75, 3.05) is 6.54 Å². The monoisotopic (exact) mass is 376 g/mol. The highest BCUT2D eigenvalue weighted by Crippen LogP contribution is 2.37. The van der Waals surface area contributed by atoms with Gasteiger partial charge < -0.3 is 5.11 Å². The normalized spacial score (nSPS) is 22.3. The summed E-state index contributed by atoms with van der Waals surface area (Å²) in [6, 6.07) is 1.69. The van der Waals surface area contributed by atoms with E-state index in [0.29, 0.717) is 18.4 Å². The molecule has 0 spiro atoms. The van der Waals surface area contributed by atoms with Crippen molar-refractivity contribution in [1.29, 1.82) is 0 Å². The van der Waals surface area contributed by atoms with Gasteiger partial charge in [0.2, 0.25) is 10.0 Å². The molecule has 0 radical (unpaired) electrons. The van der Waals surface area contributed by atoms with Gasteiger partial charge in [-0.15, -0.1) is 0 Å². The molecule has 1 aliphatic heterocycles. The van der Waals surface area contributed by atoms with E-state index in [2.05, 4.69) is 0 Å². The van der Waals surface area contributed by atoms with Gasteiger partial charge in [-0.25, -0.2) is 8.42 Å². The number of piperidine rings is 1. The Labute approximate surface area is 144 Å². The Balaban J connectivity index is 2.55. The minimum atomic E-state index is -4.15. The van der Waals surface area contributed by atoms with Gasteiger partial charge in [-0.05, 0) is 38.3 Å². The number of hydrogen-bond donors (Lipinski definition) is 1. The molecule has 0 amide bonds. The molecule has 132 valence electrons. The SMILES string of the molecule is Cc1cc([N+](=O)[O-])c(Cl)c(S(=O)(=O)N2CCC[C@@H](C(=O)O)[C@H]2C)c1. The van der Waals surface area contributed by atoms with Crippen molar-refractivity contribution in [3.05, 3.63) is 32.8 Å². The molecule has 0 bridgehead atoms. The fourth-order valence-corrected chi connectivity index (χ4v) is 5.29. The zero-order valence-corrected chi connectivity index (χ0v) is 14.7. The van der Waals surface area contributed by atoms with Crippen molar-refractivity contribution in [3.8, 4) is 0 Å². The summed E-state index contributed by atoms with van der Waals surface area (Å²) in [4.78, 5) is 21.3. The molecule has 1 fully saturated rings. The van der Waals surface area contributed by atoms with Crippen LogP contribution in [0.5, 0.6) is 0 Å². The second kappa shape index (κ2) is 6.66. The predicted molar refractivity (Wildman–Crippen MR) is 86.6 cm³/mol. The summed E-state index contributed by atoms with van der Waals surface area (Å²) < 4.78 is 26.9. The van der Waals surface area contributed by atoms with E-state index >= 15 is 0 Å². The van der Waals surface area contributed by atoms with Crippen LogP contribution in [0, 0.1) is 23.0 Å². The van der Waals surface area contributed by atoms with Crippen molar-refractivity contribution in [2.24, 2.45) is 5.92 Å². The van der Waals surface area contributed by atoms with Crippen molar-refractivity contribution in [2.45, 2.75) is 37.6 Å². The fraction of sp³-hybridized carbons (Fsp3) is 0.500. The lowest BCUT2D eigenvalue weighted by Gasteiger charge is -2.36. The van der Waals surface area contributed by atoms with Crippen LogP contribution in [0.2, 0.25) is 5.02 Å². The average Bonchev–Trinajstić information content (AvgIpc) is 2.48. The number of nitro benzene ring substituents is 1. The number of aryl methyl sites for hydroxylation is 1. The van der Waals surface area contributed by atoms with Gasteiger partial charge in [0.05, 0.1) is 10.8 Å². The minimum absolute atomic E-state index is 0.144. The summed E-state index contributed by atoms with van der Waals surface area (Å²) in [5.74, 6) is -1.89. The largest absolute Gasteiger partial charge is 0.481 e. The molecule has 1 N–H and O–H groups in total. The van der Waals surface area contributed by atoms with Crippen LogP contribution in [-0.2, 0) is 14.8 Å². The van der Waals surface area contributed by atoms with Gasteiger partial charge >= 0.3 is 5.97 Å². The van der Waals surface area contributed by atoms with Crippen molar-refractivity contribution < 1.29 is 23.2 Å². The van der Waals surface area contributed by atoms with Crippen LogP contribution >= 0.6 is 11.6 Å². The lowest BCUT2D eigenvalue weighted by molar-refractivity contribution is -0.385. The number of sulfonamides is 1. The van der Waals surface area contributed by atoms with E-state index in [1.807, 2.05) is 0 Å². The third-order valence-electron chi connectivity index (χ3n) is 4.20. The van der Waals surface area contributed by atoms with Crippen LogP contribution in [0.1, 0.15) is 25.3 Å². The smallest absolute Gasteiger partial charge is 0.308 e. The van der Waals surface area contributed by atoms with Crippen LogP contribution < -0.4 is 0 Å². The van der Waals surface area contributed by atoms with Crippen molar-refractivity contribution in [1.82, 2.24) is 4.31 Å². The maximum atomic E-state index is 12.9. The highest BCUT2D eigenvalue weighted by molar-refractivity contribution is 7.89. The number of carboxylic acids is 1. The fourth-order valence-electron chi connectivity index (χ4n) is 2.95. The van der Waals surface area contributed by atoms with Gasteiger partial charge in [-0.1, -0.05) is 11.6 Å². The topological polar surface area (TPSA) is 118 Å². The third kappa shape index (κ3) is 3.24. The maximum Gasteiger partial charge on any atom is 0.308 e. The Morgan fingerprint density at radius 2 is 2.08 bits per heavy atom. The zero-order chi connectivity index (χ0) is 18.2. The quantitative estimate of drug-likeness (QED) is 0.636. The van der Waals surface area contributed by atoms with E-state index in [0.717, 1.165) is 4.31 Å². The molecule has 1 heterocycles. The Morgan fingerprint density at radius 1 is 1.46 bits per heavy atom. The second-order valence-electron chi connectivity index (χ2n) is 5.80. The number of carbonyl (C=O) groups is 1. The second-order valence-corrected chi connectivity index (χ2v) is 8.03. The van der Waals surface area contributed by atoms with Crippen LogP contribution in [0.3, 0.4) is 0 Å². The molecular formula is C14H17ClN2O6S. The summed E-state index contributed by atoms with van der Waals surface area (Å²) in [7, 11) is -4.15. The first-order valence-electron chi connectivity index (χ1n) is 7.26. The van der Waals surface area contributed by atoms with E-state index in [9.17, 15) is 28.4 Å². The zero-order valence-electron chi connectivity index (χ0n) is 13.1. The highest BCUT2D eigenvalue weighted by Gasteiger charge is 2.41. The number of hydrogen-bond acceptors (Lipinski definition) is 5. The minimum Gasteiger partial charge on any atom is -0.481 e. The van der Waals surface area contributed by atoms with E-state index in [-0.39, 0.29) is 11.4 Å². The van der Waals surface area contributed by atoms with E-state index in [1.54, 1.807) is 0 Å². The van der Waals surface area contributed by atoms with Gasteiger partial charge in [-0.3, -0.25) is 14.9 Å². The molecule has 0 aromatic heterocycles. The highest BCUT2D eigenvalue weighted by atomic mass is 35.5. The van der Waals surface area contributed by atoms with E-state index < -0.39 is 43.6 Å². The molecule has 8 nitrogen and oxygen atoms in total. The number of halogens is 1. The molecule has 0 unspecified atom stereocenters. The molecule has 2 atom stereocenters. The van der Waals surface area contributed by atoms with Crippen molar-refractivity contribution in [3.63, 3.8) is 0 Å². The van der Waals surface area contributed by atoms with Crippen LogP contribution in [0.4, 0.5) is 5.69 Å². The van der Waals surface area contributed by atoms with E-state index in [4.69, 9.17) is 11.6 Å². The molecule has 1 aromatic rings. The molecule has 1 aliphatic rings. The lowest BCUT2D eigenvalue weighted by Crippen LogP contribution is -2.49. The molecule has 2 rings (SSSR count). The Hall–Kier alpha value is -1.71. The van der Waals surface area contributed by atoms with E-state index in [1.165, 1.54) is 26.0 Å². The summed E-state index contributed by atoms with van der Waals surface area (Å²) >= 11 is 5.96. The summed E-state index contributed by atoms with van der Waals surface area (Å²) in [5, 5.41) is 19.8. The molecule has 1 saturated heterocycles. The molecule has 0 aliphatic carbocycles. The van der Waals surface area contributed by atoms with Crippen molar-refractivity contribution >= 4 is 33.3 Å². The van der Waals surface area contributed by atoms with Gasteiger partial charge in [0.1, 0.15) is 9.92 Å². The van der Waals surface area contributed by atoms with Gasteiger partial charge in [0, 0.05) is 18.7 Å². The first-order valence-corrected chi connectivity index (χ1v) is 9.08. The standard InChI is InChI=1S/C14H17ClN2O6S/c1-8-6-11(17(20)21)13(15)12(7-8)24(22,23)16-5-3-4-10(9(16)2)14(18)19/h6-7,9-10H,3-5H2,1-2H3,(H,18,19)/t9-,10-/m1/s1. The Kier molecular flexibility index (Phi) is 5.17. The van der Waals surface area contributed by atoms with Crippen LogP contribution in [0.25, 0.3) is 0 Å². The number of aliphatic carboxylic acids is 1. The number of carboxylic acid groups (broad SMARTS) is 1. The third-order valence-corrected chi connectivity index (χ3v) is 6.71.